The molecule has 0 aliphatic carbocycles. The monoisotopic (exact) mass is 323 g/mol. The first-order valence-electron chi connectivity index (χ1n) is 6.45. The van der Waals surface area contributed by atoms with Crippen LogP contribution in [0, 0.1) is 3.95 Å². The summed E-state index contributed by atoms with van der Waals surface area (Å²) in [6, 6.07) is 7.62. The molecule has 0 radical (unpaired) electrons. The van der Waals surface area contributed by atoms with Gasteiger partial charge in [-0.15, -0.1) is 11.3 Å². The number of ether oxygens (including phenoxy) is 3. The molecule has 1 aliphatic rings. The highest BCUT2D eigenvalue weighted by Gasteiger charge is 2.29. The van der Waals surface area contributed by atoms with Crippen molar-refractivity contribution in [3.8, 4) is 17.0 Å². The lowest BCUT2D eigenvalue weighted by molar-refractivity contribution is -0.159. The summed E-state index contributed by atoms with van der Waals surface area (Å²) in [5.41, 5.74) is 1.83. The fraction of sp³-hybridized carbons (Fsp3) is 0.286. The smallest absolute Gasteiger partial charge is 0.332 e. The Morgan fingerprint density at radius 2 is 2.29 bits per heavy atom. The number of esters is 1. The average molecular weight is 323 g/mol. The lowest BCUT2D eigenvalue weighted by Crippen LogP contribution is -2.20. The molecule has 7 heteroatoms. The third-order valence-corrected chi connectivity index (χ3v) is 4.19. The van der Waals surface area contributed by atoms with Gasteiger partial charge in [0.15, 0.2) is 3.95 Å². The van der Waals surface area contributed by atoms with E-state index in [4.69, 9.17) is 26.4 Å². The highest BCUT2D eigenvalue weighted by Crippen LogP contribution is 2.44. The molecule has 0 bridgehead atoms. The molecular formula is C14H13NO4S2. The number of benzene rings is 1. The van der Waals surface area contributed by atoms with Crippen LogP contribution in [0.4, 0.5) is 0 Å². The Balaban J connectivity index is 1.87. The summed E-state index contributed by atoms with van der Waals surface area (Å²) in [4.78, 5) is 15.4. The van der Waals surface area contributed by atoms with Crippen LogP contribution in [0.2, 0.25) is 0 Å². The van der Waals surface area contributed by atoms with Gasteiger partial charge in [-0.1, -0.05) is 12.1 Å². The van der Waals surface area contributed by atoms with Crippen LogP contribution in [0.3, 0.4) is 0 Å². The number of hydrogen-bond acceptors (Lipinski definition) is 6. The molecule has 1 aromatic heterocycles. The van der Waals surface area contributed by atoms with Crippen molar-refractivity contribution in [2.24, 2.45) is 0 Å². The molecule has 1 unspecified atom stereocenters. The van der Waals surface area contributed by atoms with Crippen LogP contribution in [0.15, 0.2) is 24.3 Å². The maximum atomic E-state index is 11.4. The van der Waals surface area contributed by atoms with Crippen molar-refractivity contribution in [2.75, 3.05) is 13.2 Å². The normalized spacial score (nSPS) is 15.8. The molecule has 0 fully saturated rings. The summed E-state index contributed by atoms with van der Waals surface area (Å²) in [6.45, 7) is 1.91. The van der Waals surface area contributed by atoms with Crippen LogP contribution in [0.5, 0.6) is 5.75 Å². The summed E-state index contributed by atoms with van der Waals surface area (Å²) in [5.74, 6) is 0.281. The molecule has 0 saturated carbocycles. The van der Waals surface area contributed by atoms with E-state index in [-0.39, 0.29) is 6.61 Å². The number of carbonyl (C=O) groups is 1. The predicted molar refractivity (Wildman–Crippen MR) is 80.9 cm³/mol. The van der Waals surface area contributed by atoms with Crippen molar-refractivity contribution in [3.05, 3.63) is 33.1 Å². The number of aromatic amines is 1. The van der Waals surface area contributed by atoms with Crippen molar-refractivity contribution in [1.82, 2.24) is 4.98 Å². The van der Waals surface area contributed by atoms with Crippen molar-refractivity contribution in [3.63, 3.8) is 0 Å². The minimum atomic E-state index is -0.655. The molecule has 1 aliphatic heterocycles. The molecule has 0 spiro atoms. The van der Waals surface area contributed by atoms with Gasteiger partial charge in [-0.25, -0.2) is 4.79 Å². The Hall–Kier alpha value is -1.70. The minimum absolute atomic E-state index is 0.162. The molecular weight excluding hydrogens is 310 g/mol. The van der Waals surface area contributed by atoms with E-state index in [1.54, 1.807) is 6.92 Å². The van der Waals surface area contributed by atoms with E-state index in [2.05, 4.69) is 4.98 Å². The number of fused-ring (bicyclic) bond motifs is 3. The molecule has 21 heavy (non-hydrogen) atoms. The van der Waals surface area contributed by atoms with E-state index in [9.17, 15) is 4.79 Å². The summed E-state index contributed by atoms with van der Waals surface area (Å²) >= 11 is 6.58. The van der Waals surface area contributed by atoms with Crippen molar-refractivity contribution in [1.29, 1.82) is 0 Å². The number of hydrogen-bond donors (Lipinski definition) is 1. The summed E-state index contributed by atoms with van der Waals surface area (Å²) in [5, 5.41) is 0. The van der Waals surface area contributed by atoms with Crippen LogP contribution < -0.4 is 4.74 Å². The van der Waals surface area contributed by atoms with Gasteiger partial charge in [0, 0.05) is 5.56 Å². The quantitative estimate of drug-likeness (QED) is 0.690. The zero-order valence-electron chi connectivity index (χ0n) is 11.3. The molecule has 2 aromatic rings. The third-order valence-electron chi connectivity index (χ3n) is 2.94. The van der Waals surface area contributed by atoms with E-state index in [0.29, 0.717) is 16.3 Å². The van der Waals surface area contributed by atoms with Crippen LogP contribution in [-0.2, 0) is 14.3 Å². The summed E-state index contributed by atoms with van der Waals surface area (Å²) in [6.07, 6.45) is -0.655. The second-order valence-electron chi connectivity index (χ2n) is 4.32. The van der Waals surface area contributed by atoms with E-state index < -0.39 is 12.3 Å². The fourth-order valence-corrected chi connectivity index (χ4v) is 3.31. The second-order valence-corrected chi connectivity index (χ2v) is 6.03. The Bertz CT molecular complexity index is 722. The van der Waals surface area contributed by atoms with Crippen LogP contribution in [-0.4, -0.2) is 24.2 Å². The predicted octanol–water partition coefficient (Wildman–Crippen LogP) is 3.44. The number of thiazole rings is 1. The maximum Gasteiger partial charge on any atom is 0.332 e. The second kappa shape index (κ2) is 5.97. The summed E-state index contributed by atoms with van der Waals surface area (Å²) in [7, 11) is 0. The average Bonchev–Trinajstić information content (AvgIpc) is 2.87. The SMILES string of the molecule is CCOC(=O)COC1Oc2ccccc2-c2[nH]c(=S)sc21. The lowest BCUT2D eigenvalue weighted by Gasteiger charge is -2.25. The van der Waals surface area contributed by atoms with E-state index in [0.717, 1.165) is 16.1 Å². The van der Waals surface area contributed by atoms with E-state index in [1.807, 2.05) is 24.3 Å². The van der Waals surface area contributed by atoms with Crippen LogP contribution >= 0.6 is 23.6 Å². The molecule has 2 heterocycles. The van der Waals surface area contributed by atoms with Crippen LogP contribution in [0.1, 0.15) is 18.1 Å². The highest BCUT2D eigenvalue weighted by atomic mass is 32.1. The topological polar surface area (TPSA) is 60.6 Å². The highest BCUT2D eigenvalue weighted by molar-refractivity contribution is 7.73. The molecule has 0 saturated heterocycles. The Labute approximate surface area is 130 Å². The number of nitrogens with one attached hydrogen (secondary N) is 1. The number of H-pyrrole nitrogens is 1. The molecule has 0 amide bonds. The van der Waals surface area contributed by atoms with Gasteiger partial charge in [0.25, 0.3) is 0 Å². The Morgan fingerprint density at radius 3 is 3.10 bits per heavy atom. The molecule has 1 N–H and O–H groups in total. The van der Waals surface area contributed by atoms with Gasteiger partial charge >= 0.3 is 5.97 Å². The van der Waals surface area contributed by atoms with E-state index in [1.165, 1.54) is 11.3 Å². The van der Waals surface area contributed by atoms with Crippen molar-refractivity contribution < 1.29 is 19.0 Å². The maximum absolute atomic E-state index is 11.4. The van der Waals surface area contributed by atoms with Gasteiger partial charge in [0.05, 0.1) is 17.2 Å². The van der Waals surface area contributed by atoms with Crippen molar-refractivity contribution in [2.45, 2.75) is 13.2 Å². The van der Waals surface area contributed by atoms with Gasteiger partial charge in [-0.2, -0.15) is 0 Å². The first kappa shape index (κ1) is 14.2. The van der Waals surface area contributed by atoms with Gasteiger partial charge in [0.1, 0.15) is 12.4 Å². The first-order valence-corrected chi connectivity index (χ1v) is 7.67. The minimum Gasteiger partial charge on any atom is -0.464 e. The molecule has 1 aromatic carbocycles. The fourth-order valence-electron chi connectivity index (χ4n) is 2.11. The van der Waals surface area contributed by atoms with Gasteiger partial charge < -0.3 is 19.2 Å². The number of rotatable bonds is 4. The van der Waals surface area contributed by atoms with E-state index >= 15 is 0 Å². The summed E-state index contributed by atoms with van der Waals surface area (Å²) < 4.78 is 16.9. The first-order chi connectivity index (χ1) is 10.2. The van der Waals surface area contributed by atoms with Gasteiger partial charge in [-0.3, -0.25) is 0 Å². The lowest BCUT2D eigenvalue weighted by atomic mass is 10.1. The van der Waals surface area contributed by atoms with Gasteiger partial charge in [0.2, 0.25) is 6.29 Å². The third kappa shape index (κ3) is 2.85. The Morgan fingerprint density at radius 1 is 1.48 bits per heavy atom. The molecule has 1 atom stereocenters. The molecule has 110 valence electrons. The largest absolute Gasteiger partial charge is 0.464 e. The number of aromatic nitrogens is 1. The van der Waals surface area contributed by atoms with Crippen molar-refractivity contribution >= 4 is 29.5 Å². The molecule has 5 nitrogen and oxygen atoms in total. The molecule has 3 rings (SSSR count). The zero-order chi connectivity index (χ0) is 14.8. The zero-order valence-corrected chi connectivity index (χ0v) is 12.9. The Kier molecular flexibility index (Phi) is 4.05. The number of carbonyl (C=O) groups excluding carboxylic acids is 1. The standard InChI is InChI=1S/C14H13NO4S2/c1-2-17-10(16)7-18-13-12-11(15-14(20)21-12)8-5-3-4-6-9(8)19-13/h3-6,13H,2,7H2,1H3,(H,15,20). The van der Waals surface area contributed by atoms with Gasteiger partial charge in [-0.05, 0) is 31.3 Å². The number of para-hydroxylation sites is 1. The van der Waals surface area contributed by atoms with Crippen LogP contribution in [0.25, 0.3) is 11.3 Å².